The molecule has 0 aromatic heterocycles. The summed E-state index contributed by atoms with van der Waals surface area (Å²) in [6.07, 6.45) is 2.18. The van der Waals surface area contributed by atoms with Gasteiger partial charge in [-0.2, -0.15) is 0 Å². The van der Waals surface area contributed by atoms with E-state index in [-0.39, 0.29) is 1.43 Å². The second-order valence-corrected chi connectivity index (χ2v) is 2.46. The molecule has 1 heteroatoms. The van der Waals surface area contributed by atoms with Crippen molar-refractivity contribution in [1.29, 1.82) is 0 Å². The Kier molecular flexibility index (Phi) is 10.8. The topological polar surface area (TPSA) is 26.0 Å². The monoisotopic (exact) mass is 145 g/mol. The average Bonchev–Trinajstić information content (AvgIpc) is 1.91. The highest BCUT2D eigenvalue weighted by molar-refractivity contribution is 5.00. The third-order valence-electron chi connectivity index (χ3n) is 0.940. The van der Waals surface area contributed by atoms with E-state index in [1.807, 2.05) is 13.8 Å². The Bertz CT molecular complexity index is 87.6. The predicted octanol–water partition coefficient (Wildman–Crippen LogP) is 2.82. The van der Waals surface area contributed by atoms with Gasteiger partial charge in [0.1, 0.15) is 0 Å². The second-order valence-electron chi connectivity index (χ2n) is 2.46. The lowest BCUT2D eigenvalue weighted by Gasteiger charge is -1.97. The number of allylic oxidation sites excluding steroid dienone is 1. The SMILES string of the molecule is C/C(=C\C(C)C)CN.CC.[HH]. The average molecular weight is 145 g/mol. The normalized spacial score (nSPS) is 10.9. The molecule has 0 fully saturated rings. The van der Waals surface area contributed by atoms with Crippen molar-refractivity contribution in [2.24, 2.45) is 11.7 Å². The highest BCUT2D eigenvalue weighted by atomic mass is 14.5. The van der Waals surface area contributed by atoms with Gasteiger partial charge < -0.3 is 5.73 Å². The molecule has 10 heavy (non-hydrogen) atoms. The Balaban J connectivity index is -0.000000196. The van der Waals surface area contributed by atoms with Crippen molar-refractivity contribution in [3.05, 3.63) is 11.6 Å². The van der Waals surface area contributed by atoms with Crippen molar-refractivity contribution in [1.82, 2.24) is 0 Å². The quantitative estimate of drug-likeness (QED) is 0.594. The van der Waals surface area contributed by atoms with E-state index in [1.165, 1.54) is 5.57 Å². The molecule has 0 atom stereocenters. The van der Waals surface area contributed by atoms with Gasteiger partial charge in [-0.15, -0.1) is 0 Å². The third kappa shape index (κ3) is 10.6. The van der Waals surface area contributed by atoms with Crippen LogP contribution in [0.1, 0.15) is 36.0 Å². The molecule has 0 aliphatic heterocycles. The van der Waals surface area contributed by atoms with E-state index in [1.54, 1.807) is 0 Å². The van der Waals surface area contributed by atoms with E-state index >= 15 is 0 Å². The van der Waals surface area contributed by atoms with Crippen LogP contribution < -0.4 is 5.73 Å². The van der Waals surface area contributed by atoms with Gasteiger partial charge in [-0.05, 0) is 12.8 Å². The zero-order chi connectivity index (χ0) is 8.57. The van der Waals surface area contributed by atoms with Crippen LogP contribution in [0.2, 0.25) is 0 Å². The zero-order valence-corrected chi connectivity index (χ0v) is 7.94. The van der Waals surface area contributed by atoms with Crippen molar-refractivity contribution in [3.63, 3.8) is 0 Å². The third-order valence-corrected chi connectivity index (χ3v) is 0.940. The largest absolute Gasteiger partial charge is 0.327 e. The summed E-state index contributed by atoms with van der Waals surface area (Å²) in [5, 5.41) is 0. The van der Waals surface area contributed by atoms with Crippen molar-refractivity contribution in [2.75, 3.05) is 6.54 Å². The zero-order valence-electron chi connectivity index (χ0n) is 7.94. The van der Waals surface area contributed by atoms with E-state index in [9.17, 15) is 0 Å². The fourth-order valence-corrected chi connectivity index (χ4v) is 0.637. The summed E-state index contributed by atoms with van der Waals surface area (Å²) < 4.78 is 0. The maximum atomic E-state index is 5.35. The molecule has 0 unspecified atom stereocenters. The first kappa shape index (κ1) is 12.4. The fourth-order valence-electron chi connectivity index (χ4n) is 0.637. The van der Waals surface area contributed by atoms with Crippen molar-refractivity contribution in [3.8, 4) is 0 Å². The van der Waals surface area contributed by atoms with Crippen LogP contribution >= 0.6 is 0 Å². The van der Waals surface area contributed by atoms with Crippen molar-refractivity contribution in [2.45, 2.75) is 34.6 Å². The van der Waals surface area contributed by atoms with Crippen molar-refractivity contribution >= 4 is 0 Å². The van der Waals surface area contributed by atoms with Crippen LogP contribution in [0.25, 0.3) is 0 Å². The van der Waals surface area contributed by atoms with Crippen LogP contribution in [-0.4, -0.2) is 6.54 Å². The number of nitrogens with two attached hydrogens (primary N) is 1. The molecule has 0 aliphatic carbocycles. The van der Waals surface area contributed by atoms with Gasteiger partial charge in [0.25, 0.3) is 0 Å². The maximum absolute atomic E-state index is 5.35. The molecule has 0 spiro atoms. The highest BCUT2D eigenvalue weighted by Crippen LogP contribution is 1.98. The van der Waals surface area contributed by atoms with Gasteiger partial charge in [0.15, 0.2) is 0 Å². The van der Waals surface area contributed by atoms with Gasteiger partial charge in [0.05, 0.1) is 0 Å². The lowest BCUT2D eigenvalue weighted by Crippen LogP contribution is -2.00. The first-order chi connectivity index (χ1) is 4.66. The molecule has 0 saturated heterocycles. The van der Waals surface area contributed by atoms with Gasteiger partial charge in [0, 0.05) is 7.97 Å². The molecule has 0 amide bonds. The van der Waals surface area contributed by atoms with E-state index in [2.05, 4.69) is 26.8 Å². The van der Waals surface area contributed by atoms with Gasteiger partial charge in [0.2, 0.25) is 0 Å². The van der Waals surface area contributed by atoms with Crippen LogP contribution in [0.4, 0.5) is 0 Å². The molecular formula is C9H23N. The molecule has 0 radical (unpaired) electrons. The Labute approximate surface area is 66.8 Å². The summed E-state index contributed by atoms with van der Waals surface area (Å²) in [5.41, 5.74) is 6.63. The highest BCUT2D eigenvalue weighted by Gasteiger charge is 1.86. The lowest BCUT2D eigenvalue weighted by atomic mass is 10.1. The maximum Gasteiger partial charge on any atom is 0.0134 e. The van der Waals surface area contributed by atoms with E-state index < -0.39 is 0 Å². The summed E-state index contributed by atoms with van der Waals surface area (Å²) in [4.78, 5) is 0. The van der Waals surface area contributed by atoms with Gasteiger partial charge in [-0.1, -0.05) is 39.3 Å². The van der Waals surface area contributed by atoms with Crippen LogP contribution in [0.15, 0.2) is 11.6 Å². The molecule has 0 aromatic carbocycles. The van der Waals surface area contributed by atoms with Gasteiger partial charge in [-0.3, -0.25) is 0 Å². The summed E-state index contributed by atoms with van der Waals surface area (Å²) in [6, 6.07) is 0. The molecule has 0 aliphatic rings. The van der Waals surface area contributed by atoms with E-state index in [0.29, 0.717) is 12.5 Å². The Hall–Kier alpha value is -0.300. The Morgan fingerprint density at radius 3 is 2.00 bits per heavy atom. The minimum atomic E-state index is 0. The molecule has 0 heterocycles. The minimum absolute atomic E-state index is 0. The number of hydrogen-bond donors (Lipinski definition) is 1. The summed E-state index contributed by atoms with van der Waals surface area (Å²) in [5.74, 6) is 0.638. The smallest absolute Gasteiger partial charge is 0.0134 e. The molecule has 0 saturated carbocycles. The van der Waals surface area contributed by atoms with Crippen LogP contribution in [0.5, 0.6) is 0 Å². The number of rotatable bonds is 2. The lowest BCUT2D eigenvalue weighted by molar-refractivity contribution is 0.817. The summed E-state index contributed by atoms with van der Waals surface area (Å²) in [7, 11) is 0. The Morgan fingerprint density at radius 2 is 1.90 bits per heavy atom. The minimum Gasteiger partial charge on any atom is -0.327 e. The number of hydrogen-bond acceptors (Lipinski definition) is 1. The van der Waals surface area contributed by atoms with E-state index in [0.717, 1.165) is 0 Å². The van der Waals surface area contributed by atoms with Crippen molar-refractivity contribution < 1.29 is 1.43 Å². The standard InChI is InChI=1S/C7H15N.C2H6.H2/c1-6(2)4-7(3)5-8;1-2;/h4,6H,5,8H2,1-3H3;1-2H3;1H/b7-4+;;. The van der Waals surface area contributed by atoms with E-state index in [4.69, 9.17) is 5.73 Å². The first-order valence-corrected chi connectivity index (χ1v) is 4.04. The summed E-state index contributed by atoms with van der Waals surface area (Å²) >= 11 is 0. The molecular weight excluding hydrogens is 122 g/mol. The molecule has 64 valence electrons. The second kappa shape index (κ2) is 8.70. The molecule has 0 bridgehead atoms. The summed E-state index contributed by atoms with van der Waals surface area (Å²) in [6.45, 7) is 11.1. The van der Waals surface area contributed by atoms with Gasteiger partial charge in [-0.25, -0.2) is 0 Å². The Morgan fingerprint density at radius 1 is 1.50 bits per heavy atom. The molecule has 0 rings (SSSR count). The molecule has 1 nitrogen and oxygen atoms in total. The molecule has 0 aromatic rings. The van der Waals surface area contributed by atoms with Gasteiger partial charge >= 0.3 is 0 Å². The first-order valence-electron chi connectivity index (χ1n) is 4.04. The predicted molar refractivity (Wildman–Crippen MR) is 51.1 cm³/mol. The van der Waals surface area contributed by atoms with Crippen LogP contribution in [0, 0.1) is 5.92 Å². The fraction of sp³-hybridized carbons (Fsp3) is 0.778. The molecule has 2 N–H and O–H groups in total. The van der Waals surface area contributed by atoms with Crippen LogP contribution in [-0.2, 0) is 0 Å². The van der Waals surface area contributed by atoms with Crippen LogP contribution in [0.3, 0.4) is 0 Å².